The molecule has 5 atom stereocenters. The molecule has 0 aliphatic carbocycles. The molecule has 0 saturated carbocycles. The fourth-order valence-corrected chi connectivity index (χ4v) is 5.05. The second kappa shape index (κ2) is 14.5. The van der Waals surface area contributed by atoms with Gasteiger partial charge in [-0.1, -0.05) is 121 Å². The Labute approximate surface area is 242 Å². The van der Waals surface area contributed by atoms with Gasteiger partial charge in [0.1, 0.15) is 24.4 Å². The minimum absolute atomic E-state index is 0.209. The Morgan fingerprint density at radius 2 is 0.951 bits per heavy atom. The van der Waals surface area contributed by atoms with Gasteiger partial charge in [-0.05, 0) is 29.2 Å². The first-order valence-corrected chi connectivity index (χ1v) is 14.1. The molecule has 1 N–H and O–H groups in total. The monoisotopic (exact) mass is 554 g/mol. The lowest BCUT2D eigenvalue weighted by Gasteiger charge is -2.49. The highest BCUT2D eigenvalue weighted by atomic mass is 16.7. The van der Waals surface area contributed by atoms with E-state index >= 15 is 0 Å². The molecule has 1 saturated heterocycles. The summed E-state index contributed by atoms with van der Waals surface area (Å²) in [4.78, 5) is 0. The summed E-state index contributed by atoms with van der Waals surface area (Å²) >= 11 is 0. The maximum Gasteiger partial charge on any atom is 0.192 e. The molecular weight excluding hydrogens is 516 g/mol. The maximum absolute atomic E-state index is 11.6. The van der Waals surface area contributed by atoms with Crippen molar-refractivity contribution in [1.82, 2.24) is 0 Å². The number of ether oxygens (including phenoxy) is 5. The zero-order valence-corrected chi connectivity index (χ0v) is 23.4. The first-order chi connectivity index (χ1) is 20.1. The standard InChI is InChI=1S/C35H38O6/c1-35(36)34(40-25-30-20-12-5-13-21-30)33(39-24-29-18-10-4-11-19-29)32(38-23-28-16-8-3-9-17-28)31(41-35)26-37-22-27-14-6-2-7-15-27/h2-21,31-34,36H,22-26H2,1H3/t31-,32+,33+,34-,35+/m1/s1. The van der Waals surface area contributed by atoms with E-state index in [9.17, 15) is 5.11 Å². The van der Waals surface area contributed by atoms with Crippen LogP contribution >= 0.6 is 0 Å². The number of hydrogen-bond donors (Lipinski definition) is 1. The smallest absolute Gasteiger partial charge is 0.192 e. The van der Waals surface area contributed by atoms with E-state index < -0.39 is 30.2 Å². The molecule has 0 bridgehead atoms. The van der Waals surface area contributed by atoms with Crippen LogP contribution in [-0.2, 0) is 50.1 Å². The largest absolute Gasteiger partial charge is 0.374 e. The lowest BCUT2D eigenvalue weighted by molar-refractivity contribution is -0.363. The molecule has 1 aliphatic rings. The molecule has 41 heavy (non-hydrogen) atoms. The first-order valence-electron chi connectivity index (χ1n) is 14.1. The number of rotatable bonds is 13. The van der Waals surface area contributed by atoms with E-state index in [0.29, 0.717) is 19.8 Å². The highest BCUT2D eigenvalue weighted by Crippen LogP contribution is 2.35. The van der Waals surface area contributed by atoms with Crippen molar-refractivity contribution in [3.63, 3.8) is 0 Å². The van der Waals surface area contributed by atoms with Gasteiger partial charge in [-0.3, -0.25) is 0 Å². The highest BCUT2D eigenvalue weighted by Gasteiger charge is 2.54. The summed E-state index contributed by atoms with van der Waals surface area (Å²) in [6, 6.07) is 39.8. The minimum atomic E-state index is -1.65. The van der Waals surface area contributed by atoms with Gasteiger partial charge in [-0.2, -0.15) is 0 Å². The number of benzene rings is 4. The maximum atomic E-state index is 11.6. The van der Waals surface area contributed by atoms with E-state index in [0.717, 1.165) is 22.3 Å². The Kier molecular flexibility index (Phi) is 10.3. The van der Waals surface area contributed by atoms with Crippen LogP contribution in [0.15, 0.2) is 121 Å². The van der Waals surface area contributed by atoms with E-state index in [1.807, 2.05) is 121 Å². The average molecular weight is 555 g/mol. The Hall–Kier alpha value is -3.36. The molecule has 1 heterocycles. The molecule has 0 spiro atoms. The minimum Gasteiger partial charge on any atom is -0.374 e. The van der Waals surface area contributed by atoms with Gasteiger partial charge < -0.3 is 28.8 Å². The van der Waals surface area contributed by atoms with Gasteiger partial charge in [0, 0.05) is 0 Å². The van der Waals surface area contributed by atoms with Crippen LogP contribution in [0, 0.1) is 0 Å². The van der Waals surface area contributed by atoms with Gasteiger partial charge in [-0.15, -0.1) is 0 Å². The van der Waals surface area contributed by atoms with Gasteiger partial charge in [-0.25, -0.2) is 0 Å². The van der Waals surface area contributed by atoms with Gasteiger partial charge in [0.15, 0.2) is 5.79 Å². The zero-order chi connectivity index (χ0) is 28.3. The molecule has 0 amide bonds. The van der Waals surface area contributed by atoms with Crippen LogP contribution in [0.2, 0.25) is 0 Å². The first kappa shape index (κ1) is 29.1. The van der Waals surface area contributed by atoms with Crippen LogP contribution in [0.3, 0.4) is 0 Å². The zero-order valence-electron chi connectivity index (χ0n) is 23.4. The summed E-state index contributed by atoms with van der Waals surface area (Å²) in [6.45, 7) is 3.22. The van der Waals surface area contributed by atoms with Crippen molar-refractivity contribution >= 4 is 0 Å². The molecule has 6 nitrogen and oxygen atoms in total. The van der Waals surface area contributed by atoms with E-state index in [4.69, 9.17) is 23.7 Å². The van der Waals surface area contributed by atoms with Crippen LogP contribution in [0.25, 0.3) is 0 Å². The van der Waals surface area contributed by atoms with E-state index in [1.165, 1.54) is 0 Å². The average Bonchev–Trinajstić information content (AvgIpc) is 3.01. The van der Waals surface area contributed by atoms with Crippen molar-refractivity contribution < 1.29 is 28.8 Å². The quantitative estimate of drug-likeness (QED) is 0.217. The molecule has 4 aromatic carbocycles. The third-order valence-corrected chi connectivity index (χ3v) is 7.14. The van der Waals surface area contributed by atoms with Gasteiger partial charge in [0.25, 0.3) is 0 Å². The Balaban J connectivity index is 1.39. The second-order valence-electron chi connectivity index (χ2n) is 10.5. The molecular formula is C35H38O6. The summed E-state index contributed by atoms with van der Waals surface area (Å²) in [7, 11) is 0. The summed E-state index contributed by atoms with van der Waals surface area (Å²) in [5, 5.41) is 11.6. The van der Waals surface area contributed by atoms with E-state index in [1.54, 1.807) is 6.92 Å². The van der Waals surface area contributed by atoms with Crippen molar-refractivity contribution in [1.29, 1.82) is 0 Å². The van der Waals surface area contributed by atoms with Gasteiger partial charge in [0.2, 0.25) is 0 Å². The summed E-state index contributed by atoms with van der Waals surface area (Å²) in [6.07, 6.45) is -2.64. The predicted molar refractivity (Wildman–Crippen MR) is 157 cm³/mol. The summed E-state index contributed by atoms with van der Waals surface area (Å²) in [5.41, 5.74) is 4.08. The third kappa shape index (κ3) is 8.33. The number of aliphatic hydroxyl groups is 1. The lowest BCUT2D eigenvalue weighted by Crippen LogP contribution is -2.66. The van der Waals surface area contributed by atoms with Crippen LogP contribution < -0.4 is 0 Å². The van der Waals surface area contributed by atoms with Crippen LogP contribution in [0.4, 0.5) is 0 Å². The van der Waals surface area contributed by atoms with Crippen molar-refractivity contribution in [3.8, 4) is 0 Å². The fourth-order valence-electron chi connectivity index (χ4n) is 5.05. The van der Waals surface area contributed by atoms with Crippen molar-refractivity contribution in [3.05, 3.63) is 144 Å². The van der Waals surface area contributed by atoms with Crippen LogP contribution in [0.5, 0.6) is 0 Å². The lowest BCUT2D eigenvalue weighted by atomic mass is 9.92. The van der Waals surface area contributed by atoms with Crippen LogP contribution in [0.1, 0.15) is 29.2 Å². The molecule has 214 valence electrons. The molecule has 5 rings (SSSR count). The highest BCUT2D eigenvalue weighted by molar-refractivity contribution is 5.16. The molecule has 0 aromatic heterocycles. The molecule has 0 radical (unpaired) electrons. The van der Waals surface area contributed by atoms with Gasteiger partial charge in [0.05, 0.1) is 33.0 Å². The Morgan fingerprint density at radius 1 is 0.561 bits per heavy atom. The van der Waals surface area contributed by atoms with Crippen molar-refractivity contribution in [2.45, 2.75) is 63.6 Å². The molecule has 0 unspecified atom stereocenters. The van der Waals surface area contributed by atoms with E-state index in [2.05, 4.69) is 0 Å². The Morgan fingerprint density at radius 3 is 1.41 bits per heavy atom. The van der Waals surface area contributed by atoms with Gasteiger partial charge >= 0.3 is 0 Å². The van der Waals surface area contributed by atoms with Crippen molar-refractivity contribution in [2.24, 2.45) is 0 Å². The third-order valence-electron chi connectivity index (χ3n) is 7.14. The molecule has 1 aliphatic heterocycles. The second-order valence-corrected chi connectivity index (χ2v) is 10.5. The SMILES string of the molecule is C[C@]1(O)O[C@H](COCc2ccccc2)[C@H](OCc2ccccc2)[C@H](OCc2ccccc2)[C@H]1OCc1ccccc1. The fraction of sp³-hybridized carbons (Fsp3) is 0.314. The summed E-state index contributed by atoms with van der Waals surface area (Å²) < 4.78 is 31.9. The number of hydrogen-bond acceptors (Lipinski definition) is 6. The topological polar surface area (TPSA) is 66.4 Å². The molecule has 4 aromatic rings. The van der Waals surface area contributed by atoms with Crippen LogP contribution in [-0.4, -0.2) is 41.9 Å². The Bertz CT molecular complexity index is 1280. The predicted octanol–water partition coefficient (Wildman–Crippen LogP) is 6.07. The van der Waals surface area contributed by atoms with E-state index in [-0.39, 0.29) is 13.2 Å². The summed E-state index contributed by atoms with van der Waals surface area (Å²) in [5.74, 6) is -1.65. The molecule has 6 heteroatoms. The molecule has 1 fully saturated rings. The van der Waals surface area contributed by atoms with Crippen molar-refractivity contribution in [2.75, 3.05) is 6.61 Å². The normalized spacial score (nSPS) is 24.2.